The molecule has 24 heavy (non-hydrogen) atoms. The number of carbonyl (C=O) groups excluding carboxylic acids is 1. The van der Waals surface area contributed by atoms with Gasteiger partial charge in [-0.15, -0.1) is 22.7 Å². The fourth-order valence-electron chi connectivity index (χ4n) is 2.00. The van der Waals surface area contributed by atoms with Crippen molar-refractivity contribution in [1.82, 2.24) is 4.98 Å². The highest BCUT2D eigenvalue weighted by atomic mass is 35.5. The molecule has 1 aromatic carbocycles. The Balaban J connectivity index is 1.63. The lowest BCUT2D eigenvalue weighted by Gasteiger charge is -2.02. The number of aromatic nitrogens is 1. The van der Waals surface area contributed by atoms with Gasteiger partial charge in [-0.05, 0) is 41.3 Å². The molecule has 1 N–H and O–H groups in total. The second kappa shape index (κ2) is 7.94. The van der Waals surface area contributed by atoms with E-state index in [1.807, 2.05) is 23.6 Å². The molecule has 0 spiro atoms. The minimum Gasteiger partial charge on any atom is -0.298 e. The summed E-state index contributed by atoms with van der Waals surface area (Å²) in [6, 6.07) is 9.26. The maximum atomic E-state index is 11.9. The molecule has 0 aliphatic carbocycles. The molecule has 0 aliphatic heterocycles. The molecule has 0 radical (unpaired) electrons. The molecule has 2 heterocycles. The first-order chi connectivity index (χ1) is 11.6. The largest absolute Gasteiger partial charge is 0.298 e. The van der Waals surface area contributed by atoms with E-state index in [9.17, 15) is 4.79 Å². The number of nitrogens with zero attached hydrogens (tertiary/aromatic N) is 1. The van der Waals surface area contributed by atoms with Gasteiger partial charge in [0.15, 0.2) is 5.13 Å². The van der Waals surface area contributed by atoms with E-state index >= 15 is 0 Å². The summed E-state index contributed by atoms with van der Waals surface area (Å²) in [4.78, 5) is 18.2. The summed E-state index contributed by atoms with van der Waals surface area (Å²) in [6.07, 6.45) is 5.64. The zero-order valence-corrected chi connectivity index (χ0v) is 15.5. The number of carbonyl (C=O) groups is 1. The number of benzene rings is 1. The molecule has 122 valence electrons. The molecule has 0 fully saturated rings. The summed E-state index contributed by atoms with van der Waals surface area (Å²) in [5.74, 6) is -0.204. The molecule has 0 bridgehead atoms. The lowest BCUT2D eigenvalue weighted by molar-refractivity contribution is -0.111. The van der Waals surface area contributed by atoms with E-state index in [1.54, 1.807) is 35.7 Å². The number of hydrogen-bond donors (Lipinski definition) is 1. The summed E-state index contributed by atoms with van der Waals surface area (Å²) in [5, 5.41) is 6.60. The summed E-state index contributed by atoms with van der Waals surface area (Å²) in [5.41, 5.74) is 0.934. The van der Waals surface area contributed by atoms with Crippen molar-refractivity contribution in [1.29, 1.82) is 0 Å². The molecule has 2 aromatic heterocycles. The summed E-state index contributed by atoms with van der Waals surface area (Å²) >= 11 is 15.2. The first kappa shape index (κ1) is 17.2. The second-order valence-corrected chi connectivity index (χ2v) is 7.82. The van der Waals surface area contributed by atoms with Crippen LogP contribution in [0.5, 0.6) is 0 Å². The van der Waals surface area contributed by atoms with Gasteiger partial charge >= 0.3 is 0 Å². The van der Waals surface area contributed by atoms with Crippen LogP contribution >= 0.6 is 45.9 Å². The monoisotopic (exact) mass is 394 g/mol. The summed E-state index contributed by atoms with van der Waals surface area (Å²) < 4.78 is 0. The third-order valence-corrected chi connectivity index (χ3v) is 5.45. The number of rotatable bonds is 5. The van der Waals surface area contributed by atoms with Gasteiger partial charge in [-0.2, -0.15) is 0 Å². The Morgan fingerprint density at radius 3 is 2.96 bits per heavy atom. The van der Waals surface area contributed by atoms with Gasteiger partial charge in [0.1, 0.15) is 0 Å². The van der Waals surface area contributed by atoms with Gasteiger partial charge in [-0.25, -0.2) is 4.98 Å². The van der Waals surface area contributed by atoms with Crippen LogP contribution in [0.4, 0.5) is 5.13 Å². The van der Waals surface area contributed by atoms with Gasteiger partial charge in [0.2, 0.25) is 5.91 Å². The highest BCUT2D eigenvalue weighted by Gasteiger charge is 2.08. The van der Waals surface area contributed by atoms with Crippen molar-refractivity contribution in [3.8, 4) is 0 Å². The molecule has 0 unspecified atom stereocenters. The van der Waals surface area contributed by atoms with E-state index in [0.717, 1.165) is 15.3 Å². The number of thiophene rings is 1. The molecule has 1 amide bonds. The van der Waals surface area contributed by atoms with Crippen molar-refractivity contribution in [3.05, 3.63) is 73.3 Å². The van der Waals surface area contributed by atoms with Gasteiger partial charge in [-0.3, -0.25) is 10.1 Å². The van der Waals surface area contributed by atoms with Crippen LogP contribution < -0.4 is 5.32 Å². The maximum Gasteiger partial charge on any atom is 0.250 e. The van der Waals surface area contributed by atoms with Crippen LogP contribution in [0.15, 0.2) is 48.0 Å². The third kappa shape index (κ3) is 4.68. The average Bonchev–Trinajstić information content (AvgIpc) is 3.21. The van der Waals surface area contributed by atoms with Crippen molar-refractivity contribution < 1.29 is 4.79 Å². The van der Waals surface area contributed by atoms with Crippen LogP contribution in [0, 0.1) is 0 Å². The van der Waals surface area contributed by atoms with Gasteiger partial charge in [-0.1, -0.05) is 29.3 Å². The summed E-state index contributed by atoms with van der Waals surface area (Å²) in [6.45, 7) is 0. The fourth-order valence-corrected chi connectivity index (χ4v) is 3.84. The Hall–Kier alpha value is -1.66. The molecule has 3 aromatic rings. The minimum absolute atomic E-state index is 0.204. The van der Waals surface area contributed by atoms with Crippen molar-refractivity contribution in [2.45, 2.75) is 6.42 Å². The topological polar surface area (TPSA) is 42.0 Å². The zero-order chi connectivity index (χ0) is 16.9. The van der Waals surface area contributed by atoms with Gasteiger partial charge < -0.3 is 0 Å². The molecule has 3 nitrogen and oxygen atoms in total. The molecule has 0 atom stereocenters. The van der Waals surface area contributed by atoms with E-state index < -0.39 is 0 Å². The van der Waals surface area contributed by atoms with Gasteiger partial charge in [0, 0.05) is 38.5 Å². The number of halogens is 2. The smallest absolute Gasteiger partial charge is 0.250 e. The standard InChI is InChI=1S/C17H12Cl2N2OS2/c18-12-3-5-15(19)11(8-12)9-14-10-20-17(24-14)21-16(22)6-4-13-2-1-7-23-13/h1-8,10H,9H2,(H,20,21,22). The van der Waals surface area contributed by atoms with Crippen LogP contribution in [-0.4, -0.2) is 10.9 Å². The molecule has 0 saturated carbocycles. The predicted molar refractivity (Wildman–Crippen MR) is 103 cm³/mol. The van der Waals surface area contributed by atoms with Crippen LogP contribution in [0.1, 0.15) is 15.3 Å². The van der Waals surface area contributed by atoms with E-state index in [2.05, 4.69) is 10.3 Å². The van der Waals surface area contributed by atoms with Crippen LogP contribution in [0.2, 0.25) is 10.0 Å². The van der Waals surface area contributed by atoms with Gasteiger partial charge in [0.25, 0.3) is 0 Å². The van der Waals surface area contributed by atoms with E-state index in [1.165, 1.54) is 17.4 Å². The normalized spacial score (nSPS) is 11.1. The average molecular weight is 395 g/mol. The Labute approximate surface area is 157 Å². The first-order valence-corrected chi connectivity index (χ1v) is 9.46. The summed E-state index contributed by atoms with van der Waals surface area (Å²) in [7, 11) is 0. The van der Waals surface area contributed by atoms with Crippen LogP contribution in [0.3, 0.4) is 0 Å². The third-order valence-electron chi connectivity index (χ3n) is 3.10. The maximum absolute atomic E-state index is 11.9. The van der Waals surface area contributed by atoms with Crippen molar-refractivity contribution >= 4 is 63.0 Å². The van der Waals surface area contributed by atoms with E-state index in [4.69, 9.17) is 23.2 Å². The first-order valence-electron chi connectivity index (χ1n) is 7.01. The highest BCUT2D eigenvalue weighted by molar-refractivity contribution is 7.15. The van der Waals surface area contributed by atoms with Crippen molar-refractivity contribution in [2.75, 3.05) is 5.32 Å². The second-order valence-electron chi connectivity index (χ2n) is 4.88. The van der Waals surface area contributed by atoms with Gasteiger partial charge in [0.05, 0.1) is 0 Å². The number of thiazole rings is 1. The Morgan fingerprint density at radius 1 is 1.29 bits per heavy atom. The van der Waals surface area contributed by atoms with Crippen molar-refractivity contribution in [3.63, 3.8) is 0 Å². The van der Waals surface area contributed by atoms with Crippen molar-refractivity contribution in [2.24, 2.45) is 0 Å². The van der Waals surface area contributed by atoms with Crippen LogP contribution in [0.25, 0.3) is 6.08 Å². The number of anilines is 1. The lowest BCUT2D eigenvalue weighted by Crippen LogP contribution is -2.06. The minimum atomic E-state index is -0.204. The number of amides is 1. The van der Waals surface area contributed by atoms with E-state index in [-0.39, 0.29) is 5.91 Å². The number of nitrogens with one attached hydrogen (secondary N) is 1. The molecular weight excluding hydrogens is 383 g/mol. The molecule has 0 aliphatic rings. The molecular formula is C17H12Cl2N2OS2. The van der Waals surface area contributed by atoms with E-state index in [0.29, 0.717) is 21.6 Å². The Bertz CT molecular complexity index is 873. The highest BCUT2D eigenvalue weighted by Crippen LogP contribution is 2.27. The molecule has 7 heteroatoms. The SMILES string of the molecule is O=C(C=Cc1cccs1)Nc1ncc(Cc2cc(Cl)ccc2Cl)s1. The Kier molecular flexibility index (Phi) is 5.68. The lowest BCUT2D eigenvalue weighted by atomic mass is 10.1. The predicted octanol–water partition coefficient (Wildman–Crippen LogP) is 5.75. The fraction of sp³-hybridized carbons (Fsp3) is 0.0588. The van der Waals surface area contributed by atoms with Crippen LogP contribution in [-0.2, 0) is 11.2 Å². The quantitative estimate of drug-likeness (QED) is 0.559. The molecule has 3 rings (SSSR count). The zero-order valence-electron chi connectivity index (χ0n) is 12.3. The number of hydrogen-bond acceptors (Lipinski definition) is 4. The molecule has 0 saturated heterocycles. The Morgan fingerprint density at radius 2 is 2.17 bits per heavy atom.